The number of unbranched alkanes of at least 4 members (excludes halogenated alkanes) is 5. The normalized spacial score (nSPS) is 10.8. The van der Waals surface area contributed by atoms with Crippen molar-refractivity contribution in [3.8, 4) is 0 Å². The zero-order valence-electron chi connectivity index (χ0n) is 11.3. The van der Waals surface area contributed by atoms with Gasteiger partial charge in [0.25, 0.3) is 0 Å². The monoisotopic (exact) mass is 236 g/mol. The van der Waals surface area contributed by atoms with Crippen molar-refractivity contribution in [1.29, 1.82) is 0 Å². The molecule has 1 aromatic rings. The number of Topliss-reactive ketones (excluding diaryl/α,β-unsaturated/α-hetero) is 1. The van der Waals surface area contributed by atoms with Gasteiger partial charge in [-0.2, -0.15) is 5.10 Å². The Bertz CT molecular complexity index is 355. The summed E-state index contributed by atoms with van der Waals surface area (Å²) >= 11 is 0. The molecule has 0 unspecified atom stereocenters. The minimum absolute atomic E-state index is 0.242. The molecule has 0 saturated carbocycles. The lowest BCUT2D eigenvalue weighted by molar-refractivity contribution is 0.0978. The summed E-state index contributed by atoms with van der Waals surface area (Å²) in [4.78, 5) is 11.9. The van der Waals surface area contributed by atoms with Crippen molar-refractivity contribution in [2.45, 2.75) is 58.8 Å². The van der Waals surface area contributed by atoms with Crippen LogP contribution in [0.1, 0.15) is 67.9 Å². The Balaban J connectivity index is 2.24. The van der Waals surface area contributed by atoms with E-state index in [1.165, 1.54) is 32.1 Å². The number of aromatic nitrogens is 2. The molecule has 0 N–H and O–H groups in total. The Hall–Kier alpha value is -1.12. The summed E-state index contributed by atoms with van der Waals surface area (Å²) < 4.78 is 1.76. The summed E-state index contributed by atoms with van der Waals surface area (Å²) in [7, 11) is 1.87. The van der Waals surface area contributed by atoms with Gasteiger partial charge in [-0.25, -0.2) is 0 Å². The lowest BCUT2D eigenvalue weighted by Crippen LogP contribution is -2.01. The quantitative estimate of drug-likeness (QED) is 0.510. The summed E-state index contributed by atoms with van der Waals surface area (Å²) in [6, 6.07) is 0. The second-order valence-corrected chi connectivity index (χ2v) is 4.71. The number of hydrogen-bond acceptors (Lipinski definition) is 2. The van der Waals surface area contributed by atoms with Crippen LogP contribution < -0.4 is 0 Å². The van der Waals surface area contributed by atoms with E-state index >= 15 is 0 Å². The smallest absolute Gasteiger partial charge is 0.166 e. The van der Waals surface area contributed by atoms with E-state index in [1.807, 2.05) is 14.0 Å². The van der Waals surface area contributed by atoms with Crippen molar-refractivity contribution >= 4 is 5.78 Å². The number of nitrogens with zero attached hydrogens (tertiary/aromatic N) is 2. The van der Waals surface area contributed by atoms with Crippen LogP contribution in [0.25, 0.3) is 0 Å². The van der Waals surface area contributed by atoms with Gasteiger partial charge in [-0.1, -0.05) is 39.0 Å². The molecule has 1 rings (SSSR count). The topological polar surface area (TPSA) is 34.9 Å². The Labute approximate surface area is 104 Å². The van der Waals surface area contributed by atoms with Crippen molar-refractivity contribution < 1.29 is 4.79 Å². The Kier molecular flexibility index (Phi) is 5.95. The fourth-order valence-electron chi connectivity index (χ4n) is 1.97. The first kappa shape index (κ1) is 13.9. The highest BCUT2D eigenvalue weighted by molar-refractivity contribution is 5.96. The molecule has 0 spiro atoms. The zero-order chi connectivity index (χ0) is 12.7. The second-order valence-electron chi connectivity index (χ2n) is 4.71. The lowest BCUT2D eigenvalue weighted by Gasteiger charge is -2.01. The molecule has 0 aromatic carbocycles. The molecule has 1 aromatic heterocycles. The van der Waals surface area contributed by atoms with Gasteiger partial charge in [0.2, 0.25) is 0 Å². The van der Waals surface area contributed by atoms with Crippen LogP contribution in [-0.2, 0) is 7.05 Å². The van der Waals surface area contributed by atoms with E-state index in [-0.39, 0.29) is 5.78 Å². The maximum absolute atomic E-state index is 11.9. The molecule has 0 fully saturated rings. The molecule has 17 heavy (non-hydrogen) atoms. The number of aryl methyl sites for hydroxylation is 1. The molecule has 0 aliphatic heterocycles. The van der Waals surface area contributed by atoms with Gasteiger partial charge in [0.05, 0.1) is 11.8 Å². The molecule has 0 saturated heterocycles. The highest BCUT2D eigenvalue weighted by Gasteiger charge is 2.11. The van der Waals surface area contributed by atoms with E-state index in [4.69, 9.17) is 0 Å². The first-order valence-corrected chi connectivity index (χ1v) is 6.68. The summed E-state index contributed by atoms with van der Waals surface area (Å²) in [5.41, 5.74) is 1.77. The van der Waals surface area contributed by atoms with Gasteiger partial charge >= 0.3 is 0 Å². The maximum atomic E-state index is 11.9. The van der Waals surface area contributed by atoms with Crippen LogP contribution >= 0.6 is 0 Å². The third-order valence-corrected chi connectivity index (χ3v) is 3.29. The van der Waals surface area contributed by atoms with Crippen LogP contribution in [0.2, 0.25) is 0 Å². The molecular formula is C14H24N2O. The Morgan fingerprint density at radius 3 is 2.47 bits per heavy atom. The van der Waals surface area contributed by atoms with E-state index in [0.717, 1.165) is 17.7 Å². The molecule has 3 heteroatoms. The molecule has 0 radical (unpaired) electrons. The summed E-state index contributed by atoms with van der Waals surface area (Å²) in [6.07, 6.45) is 9.68. The van der Waals surface area contributed by atoms with Gasteiger partial charge in [-0.3, -0.25) is 9.48 Å². The Morgan fingerprint density at radius 1 is 1.24 bits per heavy atom. The van der Waals surface area contributed by atoms with E-state index in [0.29, 0.717) is 6.42 Å². The fourth-order valence-corrected chi connectivity index (χ4v) is 1.97. The second kappa shape index (κ2) is 7.25. The highest BCUT2D eigenvalue weighted by atomic mass is 16.1. The number of carbonyl (C=O) groups excluding carboxylic acids is 1. The van der Waals surface area contributed by atoms with Crippen molar-refractivity contribution in [1.82, 2.24) is 9.78 Å². The van der Waals surface area contributed by atoms with Crippen LogP contribution in [0.3, 0.4) is 0 Å². The average molecular weight is 236 g/mol. The molecule has 96 valence electrons. The van der Waals surface area contributed by atoms with Gasteiger partial charge in [0, 0.05) is 19.2 Å². The summed E-state index contributed by atoms with van der Waals surface area (Å²) in [5, 5.41) is 4.10. The fraction of sp³-hybridized carbons (Fsp3) is 0.714. The molecule has 1 heterocycles. The SMILES string of the molecule is CCCCCCCCC(=O)c1cnn(C)c1C. The molecular weight excluding hydrogens is 212 g/mol. The molecule has 0 atom stereocenters. The van der Waals surface area contributed by atoms with Crippen LogP contribution in [0.5, 0.6) is 0 Å². The van der Waals surface area contributed by atoms with Crippen molar-refractivity contribution in [2.24, 2.45) is 7.05 Å². The highest BCUT2D eigenvalue weighted by Crippen LogP contribution is 2.13. The Morgan fingerprint density at radius 2 is 1.88 bits per heavy atom. The van der Waals surface area contributed by atoms with Gasteiger partial charge < -0.3 is 0 Å². The lowest BCUT2D eigenvalue weighted by atomic mass is 10.0. The van der Waals surface area contributed by atoms with E-state index < -0.39 is 0 Å². The van der Waals surface area contributed by atoms with E-state index in [9.17, 15) is 4.79 Å². The predicted octanol–water partition coefficient (Wildman–Crippen LogP) is 3.66. The molecule has 0 bridgehead atoms. The molecule has 0 amide bonds. The van der Waals surface area contributed by atoms with Crippen molar-refractivity contribution in [2.75, 3.05) is 0 Å². The number of rotatable bonds is 8. The third kappa shape index (κ3) is 4.33. The summed E-state index contributed by atoms with van der Waals surface area (Å²) in [5.74, 6) is 0.242. The van der Waals surface area contributed by atoms with Crippen LogP contribution in [0.15, 0.2) is 6.20 Å². The molecule has 0 aliphatic rings. The van der Waals surface area contributed by atoms with Gasteiger partial charge in [0.1, 0.15) is 0 Å². The number of carbonyl (C=O) groups is 1. The van der Waals surface area contributed by atoms with Crippen LogP contribution in [0, 0.1) is 6.92 Å². The first-order valence-electron chi connectivity index (χ1n) is 6.68. The van der Waals surface area contributed by atoms with Gasteiger partial charge in [-0.05, 0) is 13.3 Å². The minimum Gasteiger partial charge on any atom is -0.294 e. The van der Waals surface area contributed by atoms with Gasteiger partial charge in [0.15, 0.2) is 5.78 Å². The zero-order valence-corrected chi connectivity index (χ0v) is 11.3. The predicted molar refractivity (Wildman–Crippen MR) is 70.3 cm³/mol. The van der Waals surface area contributed by atoms with E-state index in [2.05, 4.69) is 12.0 Å². The maximum Gasteiger partial charge on any atom is 0.166 e. The minimum atomic E-state index is 0.242. The third-order valence-electron chi connectivity index (χ3n) is 3.29. The first-order chi connectivity index (χ1) is 8.16. The van der Waals surface area contributed by atoms with Crippen molar-refractivity contribution in [3.63, 3.8) is 0 Å². The number of hydrogen-bond donors (Lipinski definition) is 0. The largest absolute Gasteiger partial charge is 0.294 e. The molecule has 0 aliphatic carbocycles. The van der Waals surface area contributed by atoms with Crippen LogP contribution in [0.4, 0.5) is 0 Å². The standard InChI is InChI=1S/C14H24N2O/c1-4-5-6-7-8-9-10-14(17)13-11-15-16(3)12(13)2/h11H,4-10H2,1-3H3. The van der Waals surface area contributed by atoms with Crippen LogP contribution in [-0.4, -0.2) is 15.6 Å². The average Bonchev–Trinajstić information content (AvgIpc) is 2.64. The number of ketones is 1. The summed E-state index contributed by atoms with van der Waals surface area (Å²) in [6.45, 7) is 4.16. The molecule has 3 nitrogen and oxygen atoms in total. The van der Waals surface area contributed by atoms with E-state index in [1.54, 1.807) is 10.9 Å². The van der Waals surface area contributed by atoms with Crippen molar-refractivity contribution in [3.05, 3.63) is 17.5 Å². The van der Waals surface area contributed by atoms with Gasteiger partial charge in [-0.15, -0.1) is 0 Å².